The van der Waals surface area contributed by atoms with Crippen LogP contribution in [-0.4, -0.2) is 19.0 Å². The first-order valence-electron chi connectivity index (χ1n) is 16.9. The Balaban J connectivity index is 1.28. The molecule has 0 aliphatic carbocycles. The summed E-state index contributed by atoms with van der Waals surface area (Å²) >= 11 is 0. The van der Waals surface area contributed by atoms with Crippen molar-refractivity contribution in [2.24, 2.45) is 0 Å². The summed E-state index contributed by atoms with van der Waals surface area (Å²) in [6.07, 6.45) is 0. The Morgan fingerprint density at radius 3 is 1.25 bits per heavy atom. The molecule has 252 valence electrons. The van der Waals surface area contributed by atoms with Crippen molar-refractivity contribution in [3.05, 3.63) is 215 Å². The van der Waals surface area contributed by atoms with Gasteiger partial charge in [-0.05, 0) is 107 Å². The third kappa shape index (κ3) is 5.76. The van der Waals surface area contributed by atoms with Gasteiger partial charge in [-0.1, -0.05) is 97.1 Å². The second kappa shape index (κ2) is 13.8. The van der Waals surface area contributed by atoms with Crippen LogP contribution < -0.4 is 19.1 Å². The van der Waals surface area contributed by atoms with Crippen molar-refractivity contribution in [2.45, 2.75) is 5.41 Å². The van der Waals surface area contributed by atoms with Crippen LogP contribution in [0, 0.1) is 0 Å². The van der Waals surface area contributed by atoms with Gasteiger partial charge in [0, 0.05) is 5.69 Å². The number of benzene rings is 7. The highest BCUT2D eigenvalue weighted by molar-refractivity contribution is 5.92. The standard InChI is InChI=1S/C46H33NO5/c1-50-37-30-24-36(25-31-37)47-42-18-10-8-16-40(42)46(41-17-9-11-19-43(41)47,34-20-26-38(27-21-34)51-44(48)32-12-4-2-5-13-32)35-22-28-39(29-23-35)52-45(49)33-14-6-3-7-15-33/h2-31H,1H3. The Bertz CT molecular complexity index is 2210. The number of ether oxygens (including phenoxy) is 3. The second-order valence-electron chi connectivity index (χ2n) is 12.4. The maximum absolute atomic E-state index is 13.0. The minimum absolute atomic E-state index is 0.424. The van der Waals surface area contributed by atoms with Crippen LogP contribution in [0.25, 0.3) is 0 Å². The van der Waals surface area contributed by atoms with Crippen molar-refractivity contribution in [1.29, 1.82) is 0 Å². The van der Waals surface area contributed by atoms with E-state index in [1.807, 2.05) is 109 Å². The SMILES string of the molecule is COc1ccc(N2c3ccccc3C(c3ccc(OC(=O)c4ccccc4)cc3)(c3ccc(OC(=O)c4ccccc4)cc3)c3ccccc32)cc1. The first kappa shape index (κ1) is 32.3. The van der Waals surface area contributed by atoms with E-state index in [-0.39, 0.29) is 0 Å². The van der Waals surface area contributed by atoms with E-state index in [9.17, 15) is 9.59 Å². The highest BCUT2D eigenvalue weighted by atomic mass is 16.5. The van der Waals surface area contributed by atoms with Crippen LogP contribution in [-0.2, 0) is 5.41 Å². The molecule has 0 aromatic heterocycles. The molecule has 7 aromatic rings. The zero-order valence-electron chi connectivity index (χ0n) is 28.3. The maximum Gasteiger partial charge on any atom is 0.343 e. The number of fused-ring (bicyclic) bond motifs is 2. The predicted octanol–water partition coefficient (Wildman–Crippen LogP) is 10.3. The molecule has 0 spiro atoms. The third-order valence-corrected chi connectivity index (χ3v) is 9.44. The molecule has 1 heterocycles. The molecule has 0 radical (unpaired) electrons. The summed E-state index contributed by atoms with van der Waals surface area (Å²) in [5, 5.41) is 0. The van der Waals surface area contributed by atoms with Crippen LogP contribution in [0.4, 0.5) is 17.1 Å². The quantitative estimate of drug-likeness (QED) is 0.118. The van der Waals surface area contributed by atoms with Crippen LogP contribution >= 0.6 is 0 Å². The molecule has 1 aliphatic heterocycles. The van der Waals surface area contributed by atoms with Crippen LogP contribution in [0.5, 0.6) is 17.2 Å². The molecule has 6 heteroatoms. The molecule has 0 saturated carbocycles. The van der Waals surface area contributed by atoms with Crippen molar-refractivity contribution in [3.8, 4) is 17.2 Å². The summed E-state index contributed by atoms with van der Waals surface area (Å²) < 4.78 is 17.1. The second-order valence-corrected chi connectivity index (χ2v) is 12.4. The monoisotopic (exact) mass is 679 g/mol. The Morgan fingerprint density at radius 2 is 0.827 bits per heavy atom. The number of rotatable bonds is 8. The molecular weight excluding hydrogens is 647 g/mol. The zero-order valence-corrected chi connectivity index (χ0v) is 28.3. The highest BCUT2D eigenvalue weighted by Crippen LogP contribution is 2.57. The number of hydrogen-bond donors (Lipinski definition) is 0. The summed E-state index contributed by atoms with van der Waals surface area (Å²) in [5.41, 5.74) is 7.16. The topological polar surface area (TPSA) is 65.1 Å². The molecule has 52 heavy (non-hydrogen) atoms. The number of carbonyl (C=O) groups excluding carboxylic acids is 2. The van der Waals surface area contributed by atoms with Gasteiger partial charge in [0.25, 0.3) is 0 Å². The summed E-state index contributed by atoms with van der Waals surface area (Å²) in [6.45, 7) is 0. The average molecular weight is 680 g/mol. The molecule has 0 N–H and O–H groups in total. The normalized spacial score (nSPS) is 12.6. The number of anilines is 3. The first-order valence-corrected chi connectivity index (χ1v) is 16.9. The smallest absolute Gasteiger partial charge is 0.343 e. The lowest BCUT2D eigenvalue weighted by Crippen LogP contribution is -2.37. The van der Waals surface area contributed by atoms with E-state index in [0.29, 0.717) is 22.6 Å². The maximum atomic E-state index is 13.0. The molecule has 0 amide bonds. The van der Waals surface area contributed by atoms with Gasteiger partial charge >= 0.3 is 11.9 Å². The summed E-state index contributed by atoms with van der Waals surface area (Å²) in [5.74, 6) is 0.804. The van der Waals surface area contributed by atoms with Crippen molar-refractivity contribution in [1.82, 2.24) is 0 Å². The summed E-state index contributed by atoms with van der Waals surface area (Å²) in [7, 11) is 1.66. The lowest BCUT2D eigenvalue weighted by molar-refractivity contribution is 0.0725. The zero-order chi connectivity index (χ0) is 35.5. The van der Waals surface area contributed by atoms with E-state index in [1.54, 1.807) is 31.4 Å². The van der Waals surface area contributed by atoms with Crippen LogP contribution in [0.2, 0.25) is 0 Å². The van der Waals surface area contributed by atoms with Crippen molar-refractivity contribution < 1.29 is 23.8 Å². The van der Waals surface area contributed by atoms with Gasteiger partial charge in [0.15, 0.2) is 0 Å². The molecule has 7 aromatic carbocycles. The predicted molar refractivity (Wildman–Crippen MR) is 202 cm³/mol. The lowest BCUT2D eigenvalue weighted by Gasteiger charge is -2.46. The average Bonchev–Trinajstić information content (AvgIpc) is 3.21. The Kier molecular flexibility index (Phi) is 8.55. The number of hydrogen-bond acceptors (Lipinski definition) is 6. The fourth-order valence-electron chi connectivity index (χ4n) is 7.07. The van der Waals surface area contributed by atoms with Crippen LogP contribution in [0.3, 0.4) is 0 Å². The number of carbonyl (C=O) groups is 2. The Labute approximate surface area is 302 Å². The van der Waals surface area contributed by atoms with Gasteiger partial charge in [0.2, 0.25) is 0 Å². The lowest BCUT2D eigenvalue weighted by atomic mass is 9.62. The molecule has 0 unspecified atom stereocenters. The highest BCUT2D eigenvalue weighted by Gasteiger charge is 2.46. The van der Waals surface area contributed by atoms with Crippen molar-refractivity contribution in [3.63, 3.8) is 0 Å². The number of nitrogens with zero attached hydrogens (tertiary/aromatic N) is 1. The Hall–Kier alpha value is -6.92. The number of para-hydroxylation sites is 2. The number of methoxy groups -OCH3 is 1. The fraction of sp³-hybridized carbons (Fsp3) is 0.0435. The van der Waals surface area contributed by atoms with E-state index in [2.05, 4.69) is 53.4 Å². The minimum atomic E-state index is -0.819. The van der Waals surface area contributed by atoms with Gasteiger partial charge < -0.3 is 19.1 Å². The van der Waals surface area contributed by atoms with Crippen LogP contribution in [0.1, 0.15) is 43.0 Å². The van der Waals surface area contributed by atoms with Crippen molar-refractivity contribution in [2.75, 3.05) is 12.0 Å². The van der Waals surface area contributed by atoms with E-state index in [1.165, 1.54) is 0 Å². The van der Waals surface area contributed by atoms with E-state index >= 15 is 0 Å². The molecular formula is C46H33NO5. The Morgan fingerprint density at radius 1 is 0.442 bits per heavy atom. The first-order chi connectivity index (χ1) is 25.6. The van der Waals surface area contributed by atoms with Gasteiger partial charge in [0.1, 0.15) is 17.2 Å². The van der Waals surface area contributed by atoms with E-state index in [0.717, 1.165) is 45.1 Å². The molecule has 0 bridgehead atoms. The van der Waals surface area contributed by atoms with Gasteiger partial charge in [0.05, 0.1) is 35.0 Å². The third-order valence-electron chi connectivity index (χ3n) is 9.44. The van der Waals surface area contributed by atoms with Gasteiger partial charge in [-0.2, -0.15) is 0 Å². The van der Waals surface area contributed by atoms with E-state index in [4.69, 9.17) is 14.2 Å². The summed E-state index contributed by atoms with van der Waals surface area (Å²) in [6, 6.07) is 58.2. The van der Waals surface area contributed by atoms with Gasteiger partial charge in [-0.3, -0.25) is 0 Å². The molecule has 1 aliphatic rings. The summed E-state index contributed by atoms with van der Waals surface area (Å²) in [4.78, 5) is 28.2. The fourth-order valence-corrected chi connectivity index (χ4v) is 7.07. The largest absolute Gasteiger partial charge is 0.497 e. The number of esters is 2. The molecule has 0 fully saturated rings. The molecule has 8 rings (SSSR count). The molecule has 0 saturated heterocycles. The molecule has 6 nitrogen and oxygen atoms in total. The van der Waals surface area contributed by atoms with Gasteiger partial charge in [-0.25, -0.2) is 9.59 Å². The van der Waals surface area contributed by atoms with Crippen molar-refractivity contribution >= 4 is 29.0 Å². The van der Waals surface area contributed by atoms with Gasteiger partial charge in [-0.15, -0.1) is 0 Å². The van der Waals surface area contributed by atoms with E-state index < -0.39 is 17.4 Å². The van der Waals surface area contributed by atoms with Crippen LogP contribution in [0.15, 0.2) is 182 Å². The molecule has 0 atom stereocenters. The minimum Gasteiger partial charge on any atom is -0.497 e.